The van der Waals surface area contributed by atoms with Gasteiger partial charge >= 0.3 is 0 Å². The van der Waals surface area contributed by atoms with Crippen molar-refractivity contribution in [3.8, 4) is 0 Å². The van der Waals surface area contributed by atoms with E-state index < -0.39 is 17.4 Å². The molecule has 8 nitrogen and oxygen atoms in total. The van der Waals surface area contributed by atoms with Crippen LogP contribution in [0.1, 0.15) is 20.8 Å². The van der Waals surface area contributed by atoms with Crippen molar-refractivity contribution >= 4 is 28.9 Å². The molecule has 2 rings (SSSR count). The number of carbonyl (C=O) groups is 2. The van der Waals surface area contributed by atoms with Crippen LogP contribution in [0.5, 0.6) is 0 Å². The Morgan fingerprint density at radius 2 is 1.96 bits per heavy atom. The molecule has 1 aliphatic rings. The van der Waals surface area contributed by atoms with Crippen LogP contribution in [0.4, 0.5) is 5.69 Å². The van der Waals surface area contributed by atoms with Crippen LogP contribution in [0.25, 0.3) is 0 Å². The first kappa shape index (κ1) is 16.6. The van der Waals surface area contributed by atoms with Crippen molar-refractivity contribution in [3.05, 3.63) is 30.3 Å². The number of amides is 2. The molecular formula is C15H18N4O4. The van der Waals surface area contributed by atoms with Gasteiger partial charge in [0.1, 0.15) is 7.11 Å². The average Bonchev–Trinajstić information content (AvgIpc) is 2.80. The van der Waals surface area contributed by atoms with Gasteiger partial charge in [-0.05, 0) is 26.0 Å². The van der Waals surface area contributed by atoms with Crippen molar-refractivity contribution in [2.75, 3.05) is 12.1 Å². The summed E-state index contributed by atoms with van der Waals surface area (Å²) in [7, 11) is 1.31. The maximum atomic E-state index is 13.0. The topological polar surface area (TPSA) is 94.8 Å². The second-order valence-electron chi connectivity index (χ2n) is 5.04. The zero-order valence-corrected chi connectivity index (χ0v) is 13.3. The lowest BCUT2D eigenvalue weighted by Gasteiger charge is -2.33. The van der Waals surface area contributed by atoms with Gasteiger partial charge in [-0.15, -0.1) is 0 Å². The Bertz CT molecular complexity index is 686. The molecule has 0 bridgehead atoms. The van der Waals surface area contributed by atoms with E-state index in [-0.39, 0.29) is 11.4 Å². The third kappa shape index (κ3) is 2.46. The summed E-state index contributed by atoms with van der Waals surface area (Å²) in [6.07, 6.45) is 0. The molecule has 0 spiro atoms. The SMILES string of the molecule is CO/N=C(\C)C1(N(O)C(C)=O)C(=O)N(c2ccccc2)N=C1C. The summed E-state index contributed by atoms with van der Waals surface area (Å²) in [5.74, 6) is -1.33. The van der Waals surface area contributed by atoms with E-state index in [1.54, 1.807) is 37.3 Å². The Labute approximate surface area is 133 Å². The van der Waals surface area contributed by atoms with E-state index in [0.29, 0.717) is 10.8 Å². The summed E-state index contributed by atoms with van der Waals surface area (Å²) in [6.45, 7) is 4.18. The molecule has 1 heterocycles. The Kier molecular flexibility index (Phi) is 4.46. The minimum atomic E-state index is -1.82. The number of hydroxylamine groups is 2. The number of hydrazone groups is 1. The summed E-state index contributed by atoms with van der Waals surface area (Å²) >= 11 is 0. The molecule has 122 valence electrons. The summed E-state index contributed by atoms with van der Waals surface area (Å²) in [5, 5.41) is 19.7. The lowest BCUT2D eigenvalue weighted by molar-refractivity contribution is -0.176. The molecule has 0 aliphatic carbocycles. The van der Waals surface area contributed by atoms with Gasteiger partial charge in [0.05, 0.1) is 17.1 Å². The Morgan fingerprint density at radius 1 is 1.35 bits per heavy atom. The quantitative estimate of drug-likeness (QED) is 0.516. The highest BCUT2D eigenvalue weighted by atomic mass is 16.6. The van der Waals surface area contributed by atoms with Crippen LogP contribution in [-0.4, -0.2) is 46.2 Å². The molecule has 0 aromatic heterocycles. The number of anilines is 1. The van der Waals surface area contributed by atoms with Gasteiger partial charge in [-0.1, -0.05) is 23.4 Å². The van der Waals surface area contributed by atoms with Gasteiger partial charge in [-0.3, -0.25) is 14.8 Å². The highest BCUT2D eigenvalue weighted by Crippen LogP contribution is 2.32. The average molecular weight is 318 g/mol. The van der Waals surface area contributed by atoms with Crippen LogP contribution in [0.15, 0.2) is 40.6 Å². The third-order valence-electron chi connectivity index (χ3n) is 3.64. The van der Waals surface area contributed by atoms with Crippen molar-refractivity contribution in [1.29, 1.82) is 0 Å². The minimum absolute atomic E-state index is 0.0994. The van der Waals surface area contributed by atoms with Gasteiger partial charge < -0.3 is 4.84 Å². The number of hydrogen-bond acceptors (Lipinski definition) is 6. The second kappa shape index (κ2) is 6.17. The van der Waals surface area contributed by atoms with E-state index in [9.17, 15) is 14.8 Å². The van der Waals surface area contributed by atoms with Crippen molar-refractivity contribution in [2.24, 2.45) is 10.3 Å². The number of hydrogen-bond donors (Lipinski definition) is 1. The predicted molar refractivity (Wildman–Crippen MR) is 84.2 cm³/mol. The molecule has 1 atom stereocenters. The first-order valence-electron chi connectivity index (χ1n) is 6.90. The second-order valence-corrected chi connectivity index (χ2v) is 5.04. The summed E-state index contributed by atoms with van der Waals surface area (Å²) < 4.78 is 0. The molecule has 23 heavy (non-hydrogen) atoms. The Balaban J connectivity index is 2.61. The molecule has 1 aliphatic heterocycles. The first-order chi connectivity index (χ1) is 10.9. The van der Waals surface area contributed by atoms with Crippen molar-refractivity contribution < 1.29 is 19.6 Å². The highest BCUT2D eigenvalue weighted by Gasteiger charge is 2.58. The lowest BCUT2D eigenvalue weighted by atomic mass is 9.88. The highest BCUT2D eigenvalue weighted by molar-refractivity contribution is 6.37. The van der Waals surface area contributed by atoms with Crippen molar-refractivity contribution in [3.63, 3.8) is 0 Å². The standard InChI is InChI=1S/C15H18N4O4/c1-10-15(11(2)17-23-4,19(22)12(3)20)14(21)18(16-10)13-8-6-5-7-9-13/h5-9,22H,1-4H3/b17-11+. The third-order valence-corrected chi connectivity index (χ3v) is 3.64. The fraction of sp³-hybridized carbons (Fsp3) is 0.333. The minimum Gasteiger partial charge on any atom is -0.399 e. The fourth-order valence-corrected chi connectivity index (χ4v) is 2.57. The molecular weight excluding hydrogens is 300 g/mol. The molecule has 2 amide bonds. The van der Waals surface area contributed by atoms with Crippen LogP contribution >= 0.6 is 0 Å². The number of nitrogens with zero attached hydrogens (tertiary/aromatic N) is 4. The van der Waals surface area contributed by atoms with E-state index in [0.717, 1.165) is 11.9 Å². The van der Waals surface area contributed by atoms with Gasteiger partial charge in [-0.2, -0.15) is 15.2 Å². The monoisotopic (exact) mass is 318 g/mol. The predicted octanol–water partition coefficient (Wildman–Crippen LogP) is 1.41. The largest absolute Gasteiger partial charge is 0.399 e. The molecule has 1 aromatic rings. The normalized spacial score (nSPS) is 21.3. The molecule has 8 heteroatoms. The van der Waals surface area contributed by atoms with Gasteiger partial charge in [0.25, 0.3) is 5.91 Å². The van der Waals surface area contributed by atoms with Crippen LogP contribution in [0.2, 0.25) is 0 Å². The molecule has 1 aromatic carbocycles. The van der Waals surface area contributed by atoms with Crippen LogP contribution in [0, 0.1) is 0 Å². The fourth-order valence-electron chi connectivity index (χ4n) is 2.57. The molecule has 1 unspecified atom stereocenters. The molecule has 0 fully saturated rings. The van der Waals surface area contributed by atoms with Gasteiger partial charge in [-0.25, -0.2) is 0 Å². The van der Waals surface area contributed by atoms with Crippen molar-refractivity contribution in [1.82, 2.24) is 5.06 Å². The molecule has 0 radical (unpaired) electrons. The molecule has 1 N–H and O–H groups in total. The van der Waals surface area contributed by atoms with E-state index >= 15 is 0 Å². The smallest absolute Gasteiger partial charge is 0.287 e. The molecule has 0 saturated heterocycles. The number of carbonyl (C=O) groups excluding carboxylic acids is 2. The van der Waals surface area contributed by atoms with E-state index in [1.165, 1.54) is 14.0 Å². The first-order valence-corrected chi connectivity index (χ1v) is 6.90. The van der Waals surface area contributed by atoms with Crippen LogP contribution in [0.3, 0.4) is 0 Å². The number of benzene rings is 1. The zero-order chi connectivity index (χ0) is 17.2. The Morgan fingerprint density at radius 3 is 2.48 bits per heavy atom. The van der Waals surface area contributed by atoms with Gasteiger partial charge in [0, 0.05) is 6.92 Å². The zero-order valence-electron chi connectivity index (χ0n) is 13.3. The maximum absolute atomic E-state index is 13.0. The van der Waals surface area contributed by atoms with E-state index in [4.69, 9.17) is 4.84 Å². The summed E-state index contributed by atoms with van der Waals surface area (Å²) in [4.78, 5) is 29.5. The summed E-state index contributed by atoms with van der Waals surface area (Å²) in [5.41, 5.74) is -0.997. The van der Waals surface area contributed by atoms with Gasteiger partial charge in [0.2, 0.25) is 11.4 Å². The van der Waals surface area contributed by atoms with Gasteiger partial charge in [0.15, 0.2) is 0 Å². The lowest BCUT2D eigenvalue weighted by Crippen LogP contribution is -2.64. The number of para-hydroxylation sites is 1. The van der Waals surface area contributed by atoms with Crippen LogP contribution in [-0.2, 0) is 14.4 Å². The maximum Gasteiger partial charge on any atom is 0.287 e. The number of oxime groups is 1. The Hall–Kier alpha value is -2.74. The van der Waals surface area contributed by atoms with E-state index in [2.05, 4.69) is 10.3 Å². The number of rotatable bonds is 4. The molecule has 0 saturated carbocycles. The summed E-state index contributed by atoms with van der Waals surface area (Å²) in [6, 6.07) is 8.71. The van der Waals surface area contributed by atoms with Crippen LogP contribution < -0.4 is 5.01 Å². The van der Waals surface area contributed by atoms with Crippen molar-refractivity contribution in [2.45, 2.75) is 26.3 Å². The van der Waals surface area contributed by atoms with E-state index in [1.807, 2.05) is 0 Å².